The van der Waals surface area contributed by atoms with Gasteiger partial charge in [0.2, 0.25) is 0 Å². The van der Waals surface area contributed by atoms with E-state index in [0.717, 1.165) is 5.92 Å². The predicted molar refractivity (Wildman–Crippen MR) is 50.2 cm³/mol. The van der Waals surface area contributed by atoms with Crippen molar-refractivity contribution >= 4 is 11.6 Å². The molecular weight excluding hydrogens is 158 g/mol. The molecule has 1 rings (SSSR count). The molecule has 0 unspecified atom stereocenters. The number of hydrogen-bond donors (Lipinski definition) is 0. The standard InChI is InChI=1S/C9H18ClN/c1-3-4-11(2)7-8-5-9(10)6-8/h8-9H,3-7H2,1-2H3. The summed E-state index contributed by atoms with van der Waals surface area (Å²) in [6.07, 6.45) is 3.72. The van der Waals surface area contributed by atoms with E-state index in [2.05, 4.69) is 18.9 Å². The molecule has 66 valence electrons. The fraction of sp³-hybridized carbons (Fsp3) is 1.00. The number of nitrogens with zero attached hydrogens (tertiary/aromatic N) is 1. The van der Waals surface area contributed by atoms with Crippen molar-refractivity contribution in [2.24, 2.45) is 5.92 Å². The Hall–Kier alpha value is 0.250. The van der Waals surface area contributed by atoms with Crippen LogP contribution < -0.4 is 0 Å². The van der Waals surface area contributed by atoms with Crippen molar-refractivity contribution < 1.29 is 0 Å². The highest BCUT2D eigenvalue weighted by Crippen LogP contribution is 2.32. The third-order valence-electron chi connectivity index (χ3n) is 2.35. The van der Waals surface area contributed by atoms with Gasteiger partial charge in [-0.15, -0.1) is 11.6 Å². The van der Waals surface area contributed by atoms with Crippen molar-refractivity contribution in [1.29, 1.82) is 0 Å². The Morgan fingerprint density at radius 3 is 2.55 bits per heavy atom. The summed E-state index contributed by atoms with van der Waals surface area (Å²) in [4.78, 5) is 2.41. The van der Waals surface area contributed by atoms with E-state index in [1.54, 1.807) is 0 Å². The molecule has 0 aromatic carbocycles. The molecule has 0 aliphatic heterocycles. The van der Waals surface area contributed by atoms with Crippen LogP contribution in [0.4, 0.5) is 0 Å². The summed E-state index contributed by atoms with van der Waals surface area (Å²) in [7, 11) is 2.20. The maximum absolute atomic E-state index is 5.89. The van der Waals surface area contributed by atoms with Gasteiger partial charge in [-0.2, -0.15) is 0 Å². The van der Waals surface area contributed by atoms with Gasteiger partial charge in [-0.05, 0) is 38.8 Å². The van der Waals surface area contributed by atoms with Gasteiger partial charge in [-0.1, -0.05) is 6.92 Å². The van der Waals surface area contributed by atoms with E-state index in [1.165, 1.54) is 32.4 Å². The van der Waals surface area contributed by atoms with Crippen molar-refractivity contribution in [2.75, 3.05) is 20.1 Å². The molecule has 1 saturated carbocycles. The van der Waals surface area contributed by atoms with Gasteiger partial charge in [0.25, 0.3) is 0 Å². The van der Waals surface area contributed by atoms with Crippen molar-refractivity contribution in [3.8, 4) is 0 Å². The van der Waals surface area contributed by atoms with Crippen LogP contribution in [0, 0.1) is 5.92 Å². The second kappa shape index (κ2) is 4.32. The molecule has 1 nitrogen and oxygen atoms in total. The minimum absolute atomic E-state index is 0.482. The normalized spacial score (nSPS) is 30.5. The fourth-order valence-electron chi connectivity index (χ4n) is 1.72. The van der Waals surface area contributed by atoms with Crippen LogP contribution in [0.15, 0.2) is 0 Å². The first-order valence-corrected chi connectivity index (χ1v) is 4.98. The molecular formula is C9H18ClN. The van der Waals surface area contributed by atoms with Crippen LogP contribution in [0.2, 0.25) is 0 Å². The molecule has 0 N–H and O–H groups in total. The molecule has 0 saturated heterocycles. The SMILES string of the molecule is CCCN(C)CC1CC(Cl)C1. The molecule has 1 aliphatic carbocycles. The summed E-state index contributed by atoms with van der Waals surface area (Å²) in [6, 6.07) is 0. The molecule has 11 heavy (non-hydrogen) atoms. The second-order valence-corrected chi connectivity index (χ2v) is 4.31. The van der Waals surface area contributed by atoms with E-state index >= 15 is 0 Å². The van der Waals surface area contributed by atoms with E-state index in [4.69, 9.17) is 11.6 Å². The monoisotopic (exact) mass is 175 g/mol. The summed E-state index contributed by atoms with van der Waals surface area (Å²) in [5.74, 6) is 0.883. The first kappa shape index (κ1) is 9.34. The van der Waals surface area contributed by atoms with E-state index in [1.807, 2.05) is 0 Å². The van der Waals surface area contributed by atoms with Crippen LogP contribution in [-0.2, 0) is 0 Å². The Bertz CT molecular complexity index is 107. The molecule has 0 aromatic heterocycles. The molecule has 0 spiro atoms. The Morgan fingerprint density at radius 2 is 2.09 bits per heavy atom. The van der Waals surface area contributed by atoms with Gasteiger partial charge in [-0.25, -0.2) is 0 Å². The van der Waals surface area contributed by atoms with Gasteiger partial charge in [0.15, 0.2) is 0 Å². The Kier molecular flexibility index (Phi) is 3.67. The van der Waals surface area contributed by atoms with E-state index in [9.17, 15) is 0 Å². The van der Waals surface area contributed by atoms with Crippen LogP contribution in [0.25, 0.3) is 0 Å². The summed E-state index contributed by atoms with van der Waals surface area (Å²) >= 11 is 5.89. The van der Waals surface area contributed by atoms with Gasteiger partial charge < -0.3 is 4.90 Å². The van der Waals surface area contributed by atoms with Crippen LogP contribution in [-0.4, -0.2) is 30.4 Å². The second-order valence-electron chi connectivity index (χ2n) is 3.70. The number of alkyl halides is 1. The predicted octanol–water partition coefficient (Wildman–Crippen LogP) is 2.35. The first-order chi connectivity index (χ1) is 5.22. The molecule has 0 radical (unpaired) electrons. The largest absolute Gasteiger partial charge is 0.306 e. The highest BCUT2D eigenvalue weighted by Gasteiger charge is 2.27. The molecule has 1 aliphatic rings. The van der Waals surface area contributed by atoms with Gasteiger partial charge in [0.05, 0.1) is 0 Å². The number of hydrogen-bond acceptors (Lipinski definition) is 1. The lowest BCUT2D eigenvalue weighted by Gasteiger charge is -2.34. The van der Waals surface area contributed by atoms with Gasteiger partial charge in [0.1, 0.15) is 0 Å². The highest BCUT2D eigenvalue weighted by molar-refractivity contribution is 6.21. The summed E-state index contributed by atoms with van der Waals surface area (Å²) < 4.78 is 0. The van der Waals surface area contributed by atoms with E-state index < -0.39 is 0 Å². The zero-order valence-corrected chi connectivity index (χ0v) is 8.27. The van der Waals surface area contributed by atoms with Crippen LogP contribution in [0.5, 0.6) is 0 Å². The molecule has 0 amide bonds. The lowest BCUT2D eigenvalue weighted by Crippen LogP contribution is -2.35. The van der Waals surface area contributed by atoms with E-state index in [-0.39, 0.29) is 0 Å². The smallest absolute Gasteiger partial charge is 0.0342 e. The van der Waals surface area contributed by atoms with Crippen molar-refractivity contribution in [3.05, 3.63) is 0 Å². The fourth-order valence-corrected chi connectivity index (χ4v) is 2.22. The average Bonchev–Trinajstić information content (AvgIpc) is 1.85. The van der Waals surface area contributed by atoms with Crippen molar-refractivity contribution in [2.45, 2.75) is 31.6 Å². The Balaban J connectivity index is 2.02. The molecule has 0 heterocycles. The lowest BCUT2D eigenvalue weighted by molar-refractivity contribution is 0.209. The quantitative estimate of drug-likeness (QED) is 0.593. The molecule has 1 fully saturated rings. The lowest BCUT2D eigenvalue weighted by atomic mass is 9.84. The summed E-state index contributed by atoms with van der Waals surface area (Å²) in [6.45, 7) is 4.70. The third kappa shape index (κ3) is 3.00. The minimum atomic E-state index is 0.482. The van der Waals surface area contributed by atoms with E-state index in [0.29, 0.717) is 5.38 Å². The Labute approximate surface area is 74.7 Å². The van der Waals surface area contributed by atoms with Crippen LogP contribution >= 0.6 is 11.6 Å². The summed E-state index contributed by atoms with van der Waals surface area (Å²) in [5.41, 5.74) is 0. The highest BCUT2D eigenvalue weighted by atomic mass is 35.5. The number of halogens is 1. The molecule has 2 heteroatoms. The molecule has 0 atom stereocenters. The zero-order valence-electron chi connectivity index (χ0n) is 7.52. The zero-order chi connectivity index (χ0) is 8.27. The van der Waals surface area contributed by atoms with Crippen LogP contribution in [0.3, 0.4) is 0 Å². The van der Waals surface area contributed by atoms with Gasteiger partial charge >= 0.3 is 0 Å². The first-order valence-electron chi connectivity index (χ1n) is 4.55. The van der Waals surface area contributed by atoms with Gasteiger partial charge in [-0.3, -0.25) is 0 Å². The third-order valence-corrected chi connectivity index (χ3v) is 2.71. The minimum Gasteiger partial charge on any atom is -0.306 e. The van der Waals surface area contributed by atoms with Crippen molar-refractivity contribution in [1.82, 2.24) is 4.90 Å². The molecule has 0 bridgehead atoms. The Morgan fingerprint density at radius 1 is 1.45 bits per heavy atom. The van der Waals surface area contributed by atoms with Gasteiger partial charge in [0, 0.05) is 11.9 Å². The van der Waals surface area contributed by atoms with Crippen LogP contribution in [0.1, 0.15) is 26.2 Å². The maximum Gasteiger partial charge on any atom is 0.0342 e. The van der Waals surface area contributed by atoms with Crippen molar-refractivity contribution in [3.63, 3.8) is 0 Å². The maximum atomic E-state index is 5.89. The average molecular weight is 176 g/mol. The topological polar surface area (TPSA) is 3.24 Å². The molecule has 0 aromatic rings. The number of rotatable bonds is 4. The summed E-state index contributed by atoms with van der Waals surface area (Å²) in [5, 5.41) is 0.482.